The van der Waals surface area contributed by atoms with Crippen LogP contribution < -0.4 is 5.32 Å². The first kappa shape index (κ1) is 15.2. The highest BCUT2D eigenvalue weighted by Crippen LogP contribution is 2.06. The molecule has 0 aromatic heterocycles. The molecule has 0 saturated carbocycles. The van der Waals surface area contributed by atoms with E-state index in [-0.39, 0.29) is 0 Å². The van der Waals surface area contributed by atoms with Crippen LogP contribution in [-0.4, -0.2) is 12.1 Å². The summed E-state index contributed by atoms with van der Waals surface area (Å²) in [5.41, 5.74) is 4.06. The zero-order chi connectivity index (χ0) is 12.7. The third kappa shape index (κ3) is 8.49. The Bertz CT molecular complexity index is 244. The molecule has 0 aliphatic rings. The lowest BCUT2D eigenvalue weighted by atomic mass is 10.1. The number of hydrogen-bond acceptors (Lipinski definition) is 1. The van der Waals surface area contributed by atoms with Crippen molar-refractivity contribution in [2.45, 2.75) is 60.5 Å². The highest BCUT2D eigenvalue weighted by atomic mass is 14.9. The van der Waals surface area contributed by atoms with Gasteiger partial charge in [-0.05, 0) is 20.8 Å². The Labute approximate surface area is 101 Å². The number of nitrogens with one attached hydrogen (secondary N) is 1. The second kappa shape index (κ2) is 7.45. The molecule has 16 heavy (non-hydrogen) atoms. The molecular formula is C15H27N. The third-order valence-electron chi connectivity index (χ3n) is 2.03. The highest BCUT2D eigenvalue weighted by molar-refractivity contribution is 5.27. The van der Waals surface area contributed by atoms with E-state index in [1.807, 2.05) is 0 Å². The molecule has 0 bridgehead atoms. The van der Waals surface area contributed by atoms with Gasteiger partial charge in [0.15, 0.2) is 0 Å². The molecule has 1 nitrogen and oxygen atoms in total. The van der Waals surface area contributed by atoms with Gasteiger partial charge in [0.25, 0.3) is 0 Å². The first-order valence-electron chi connectivity index (χ1n) is 6.12. The molecule has 0 unspecified atom stereocenters. The second-order valence-corrected chi connectivity index (χ2v) is 5.14. The lowest BCUT2D eigenvalue weighted by Crippen LogP contribution is -2.29. The van der Waals surface area contributed by atoms with E-state index in [1.165, 1.54) is 16.7 Å². The van der Waals surface area contributed by atoms with Gasteiger partial charge in [-0.25, -0.2) is 0 Å². The van der Waals surface area contributed by atoms with Gasteiger partial charge in [0.05, 0.1) is 0 Å². The molecule has 0 aliphatic heterocycles. The summed E-state index contributed by atoms with van der Waals surface area (Å²) in [5, 5.41) is 3.31. The Hall–Kier alpha value is -0.820. The minimum absolute atomic E-state index is 0.625. The lowest BCUT2D eigenvalue weighted by molar-refractivity contribution is 0.518. The maximum atomic E-state index is 3.31. The Kier molecular flexibility index (Phi) is 7.07. The van der Waals surface area contributed by atoms with Crippen LogP contribution in [0, 0.1) is 20.8 Å². The first-order chi connectivity index (χ1) is 7.31. The van der Waals surface area contributed by atoms with E-state index in [2.05, 4.69) is 72.0 Å². The maximum absolute atomic E-state index is 3.31. The van der Waals surface area contributed by atoms with Crippen LogP contribution in [0.2, 0.25) is 0 Å². The number of benzene rings is 1. The van der Waals surface area contributed by atoms with E-state index in [4.69, 9.17) is 0 Å². The van der Waals surface area contributed by atoms with Gasteiger partial charge in [0, 0.05) is 12.1 Å². The fraction of sp³-hybridized carbons (Fsp3) is 0.600. The van der Waals surface area contributed by atoms with Gasteiger partial charge in [-0.2, -0.15) is 0 Å². The summed E-state index contributed by atoms with van der Waals surface area (Å²) in [6.07, 6.45) is 0. The average molecular weight is 221 g/mol. The SMILES string of the molecule is CC(C)NC(C)C.Cc1cc(C)cc(C)c1. The largest absolute Gasteiger partial charge is 0.312 e. The van der Waals surface area contributed by atoms with Crippen LogP contribution in [0.5, 0.6) is 0 Å². The van der Waals surface area contributed by atoms with E-state index in [9.17, 15) is 0 Å². The van der Waals surface area contributed by atoms with Gasteiger partial charge in [0.1, 0.15) is 0 Å². The van der Waals surface area contributed by atoms with Crippen molar-refractivity contribution in [1.29, 1.82) is 0 Å². The van der Waals surface area contributed by atoms with Crippen LogP contribution in [0.4, 0.5) is 0 Å². The summed E-state index contributed by atoms with van der Waals surface area (Å²) >= 11 is 0. The van der Waals surface area contributed by atoms with E-state index >= 15 is 0 Å². The molecule has 0 saturated heterocycles. The van der Waals surface area contributed by atoms with Gasteiger partial charge in [-0.1, -0.05) is 62.6 Å². The topological polar surface area (TPSA) is 12.0 Å². The van der Waals surface area contributed by atoms with Crippen molar-refractivity contribution in [2.24, 2.45) is 0 Å². The molecule has 1 N–H and O–H groups in total. The fourth-order valence-electron chi connectivity index (χ4n) is 1.87. The molecule has 1 rings (SSSR count). The summed E-state index contributed by atoms with van der Waals surface area (Å²) in [7, 11) is 0. The highest BCUT2D eigenvalue weighted by Gasteiger charge is 1.92. The molecule has 0 fully saturated rings. The van der Waals surface area contributed by atoms with Crippen molar-refractivity contribution in [2.75, 3.05) is 0 Å². The Morgan fingerprint density at radius 2 is 0.938 bits per heavy atom. The smallest absolute Gasteiger partial charge is 0.00127 e. The van der Waals surface area contributed by atoms with Crippen LogP contribution in [0.1, 0.15) is 44.4 Å². The summed E-state index contributed by atoms with van der Waals surface area (Å²) in [6, 6.07) is 7.81. The van der Waals surface area contributed by atoms with E-state index in [0.29, 0.717) is 12.1 Å². The fourth-order valence-corrected chi connectivity index (χ4v) is 1.87. The zero-order valence-electron chi connectivity index (χ0n) is 11.9. The molecule has 1 heteroatoms. The molecule has 0 aliphatic carbocycles. The number of rotatable bonds is 2. The summed E-state index contributed by atoms with van der Waals surface area (Å²) in [4.78, 5) is 0. The molecule has 1 aromatic rings. The third-order valence-corrected chi connectivity index (χ3v) is 2.03. The molecule has 0 amide bonds. The molecule has 1 aromatic carbocycles. The monoisotopic (exact) mass is 221 g/mol. The lowest BCUT2D eigenvalue weighted by Gasteiger charge is -2.10. The minimum Gasteiger partial charge on any atom is -0.312 e. The predicted molar refractivity (Wildman–Crippen MR) is 74.1 cm³/mol. The van der Waals surface area contributed by atoms with Crippen LogP contribution in [0.25, 0.3) is 0 Å². The Balaban J connectivity index is 0.000000293. The van der Waals surface area contributed by atoms with Crippen LogP contribution in [0.3, 0.4) is 0 Å². The van der Waals surface area contributed by atoms with Gasteiger partial charge >= 0.3 is 0 Å². The van der Waals surface area contributed by atoms with Crippen molar-refractivity contribution >= 4 is 0 Å². The van der Waals surface area contributed by atoms with Crippen molar-refractivity contribution in [1.82, 2.24) is 5.32 Å². The second-order valence-electron chi connectivity index (χ2n) is 5.14. The maximum Gasteiger partial charge on any atom is 0.00127 e. The van der Waals surface area contributed by atoms with E-state index < -0.39 is 0 Å². The van der Waals surface area contributed by atoms with Crippen molar-refractivity contribution in [3.8, 4) is 0 Å². The molecular weight excluding hydrogens is 194 g/mol. The Morgan fingerprint density at radius 3 is 1.06 bits per heavy atom. The first-order valence-corrected chi connectivity index (χ1v) is 6.12. The van der Waals surface area contributed by atoms with E-state index in [1.54, 1.807) is 0 Å². The van der Waals surface area contributed by atoms with Gasteiger partial charge in [-0.3, -0.25) is 0 Å². The van der Waals surface area contributed by atoms with Gasteiger partial charge in [-0.15, -0.1) is 0 Å². The van der Waals surface area contributed by atoms with Gasteiger partial charge in [0.2, 0.25) is 0 Å². The number of aryl methyl sites for hydroxylation is 3. The summed E-state index contributed by atoms with van der Waals surface area (Å²) < 4.78 is 0. The molecule has 0 heterocycles. The zero-order valence-corrected chi connectivity index (χ0v) is 11.9. The molecule has 0 spiro atoms. The quantitative estimate of drug-likeness (QED) is 0.796. The Morgan fingerprint density at radius 1 is 0.688 bits per heavy atom. The number of hydrogen-bond donors (Lipinski definition) is 1. The van der Waals surface area contributed by atoms with Crippen LogP contribution >= 0.6 is 0 Å². The molecule has 0 radical (unpaired) electrons. The van der Waals surface area contributed by atoms with Crippen molar-refractivity contribution in [3.63, 3.8) is 0 Å². The van der Waals surface area contributed by atoms with Crippen LogP contribution in [0.15, 0.2) is 18.2 Å². The predicted octanol–water partition coefficient (Wildman–Crippen LogP) is 4.00. The molecule has 92 valence electrons. The van der Waals surface area contributed by atoms with Crippen molar-refractivity contribution in [3.05, 3.63) is 34.9 Å². The summed E-state index contributed by atoms with van der Waals surface area (Å²) in [6.45, 7) is 15.0. The minimum atomic E-state index is 0.625. The average Bonchev–Trinajstić information content (AvgIpc) is 1.97. The van der Waals surface area contributed by atoms with Gasteiger partial charge < -0.3 is 5.32 Å². The standard InChI is InChI=1S/C9H12.C6H15N/c1-7-4-8(2)6-9(3)5-7;1-5(2)7-6(3)4/h4-6H,1-3H3;5-7H,1-4H3. The van der Waals surface area contributed by atoms with Crippen LogP contribution in [-0.2, 0) is 0 Å². The van der Waals surface area contributed by atoms with Crippen molar-refractivity contribution < 1.29 is 0 Å². The summed E-state index contributed by atoms with van der Waals surface area (Å²) in [5.74, 6) is 0. The normalized spacial score (nSPS) is 10.3. The van der Waals surface area contributed by atoms with E-state index in [0.717, 1.165) is 0 Å². The molecule has 0 atom stereocenters.